The van der Waals surface area contributed by atoms with Crippen molar-refractivity contribution >= 4 is 27.5 Å². The van der Waals surface area contributed by atoms with Crippen LogP contribution in [0.25, 0.3) is 0 Å². The minimum absolute atomic E-state index is 0.0597. The molecule has 1 heterocycles. The monoisotopic (exact) mass is 343 g/mol. The SMILES string of the molecule is CNC(c1cc(Cl)ccc1OC)c1c(Br)cnn1C. The number of nitrogens with one attached hydrogen (secondary N) is 1. The van der Waals surface area contributed by atoms with E-state index in [4.69, 9.17) is 16.3 Å². The van der Waals surface area contributed by atoms with Gasteiger partial charge in [-0.2, -0.15) is 5.10 Å². The first-order valence-corrected chi connectivity index (χ1v) is 6.93. The van der Waals surface area contributed by atoms with Crippen LogP contribution in [0.2, 0.25) is 5.02 Å². The largest absolute Gasteiger partial charge is 0.496 e. The van der Waals surface area contributed by atoms with Crippen LogP contribution in [0.3, 0.4) is 0 Å². The fraction of sp³-hybridized carbons (Fsp3) is 0.308. The molecule has 1 unspecified atom stereocenters. The van der Waals surface area contributed by atoms with Crippen LogP contribution in [-0.4, -0.2) is 23.9 Å². The Kier molecular flexibility index (Phi) is 4.50. The van der Waals surface area contributed by atoms with Crippen molar-refractivity contribution in [3.63, 3.8) is 0 Å². The molecule has 0 aliphatic heterocycles. The fourth-order valence-corrected chi connectivity index (χ4v) is 2.87. The second-order valence-corrected chi connectivity index (χ2v) is 5.40. The fourth-order valence-electron chi connectivity index (χ4n) is 2.12. The molecule has 0 amide bonds. The number of benzene rings is 1. The van der Waals surface area contributed by atoms with Crippen LogP contribution in [0.5, 0.6) is 5.75 Å². The van der Waals surface area contributed by atoms with Gasteiger partial charge in [0.05, 0.1) is 29.5 Å². The molecule has 2 aromatic rings. The maximum absolute atomic E-state index is 6.10. The number of halogens is 2. The summed E-state index contributed by atoms with van der Waals surface area (Å²) >= 11 is 9.62. The van der Waals surface area contributed by atoms with Crippen molar-refractivity contribution in [1.82, 2.24) is 15.1 Å². The van der Waals surface area contributed by atoms with Gasteiger partial charge < -0.3 is 10.1 Å². The smallest absolute Gasteiger partial charge is 0.124 e. The number of aromatic nitrogens is 2. The van der Waals surface area contributed by atoms with Gasteiger partial charge in [-0.1, -0.05) is 11.6 Å². The summed E-state index contributed by atoms with van der Waals surface area (Å²) in [4.78, 5) is 0. The third-order valence-corrected chi connectivity index (χ3v) is 3.85. The molecule has 19 heavy (non-hydrogen) atoms. The molecule has 0 aliphatic rings. The predicted molar refractivity (Wildman–Crippen MR) is 79.8 cm³/mol. The Morgan fingerprint density at radius 1 is 1.47 bits per heavy atom. The van der Waals surface area contributed by atoms with Gasteiger partial charge in [-0.05, 0) is 41.2 Å². The van der Waals surface area contributed by atoms with E-state index in [0.29, 0.717) is 5.02 Å². The molecule has 1 aromatic carbocycles. The maximum atomic E-state index is 6.10. The lowest BCUT2D eigenvalue weighted by atomic mass is 10.0. The summed E-state index contributed by atoms with van der Waals surface area (Å²) in [7, 11) is 5.45. The molecule has 6 heteroatoms. The summed E-state index contributed by atoms with van der Waals surface area (Å²) in [6.07, 6.45) is 1.77. The van der Waals surface area contributed by atoms with Gasteiger partial charge in [0.2, 0.25) is 0 Å². The van der Waals surface area contributed by atoms with Gasteiger partial charge in [0.15, 0.2) is 0 Å². The van der Waals surface area contributed by atoms with Crippen LogP contribution < -0.4 is 10.1 Å². The molecule has 0 spiro atoms. The zero-order chi connectivity index (χ0) is 14.0. The minimum atomic E-state index is -0.0597. The number of methoxy groups -OCH3 is 1. The van der Waals surface area contributed by atoms with Gasteiger partial charge >= 0.3 is 0 Å². The van der Waals surface area contributed by atoms with Crippen LogP contribution in [0.15, 0.2) is 28.9 Å². The first kappa shape index (κ1) is 14.4. The van der Waals surface area contributed by atoms with E-state index in [1.807, 2.05) is 37.0 Å². The molecule has 1 N–H and O–H groups in total. The van der Waals surface area contributed by atoms with Gasteiger partial charge in [0.1, 0.15) is 5.75 Å². The molecule has 2 rings (SSSR count). The van der Waals surface area contributed by atoms with Gasteiger partial charge in [-0.3, -0.25) is 4.68 Å². The zero-order valence-electron chi connectivity index (χ0n) is 10.9. The van der Waals surface area contributed by atoms with E-state index in [9.17, 15) is 0 Å². The van der Waals surface area contributed by atoms with E-state index in [-0.39, 0.29) is 6.04 Å². The summed E-state index contributed by atoms with van der Waals surface area (Å²) in [6.45, 7) is 0. The second-order valence-electron chi connectivity index (χ2n) is 4.11. The molecule has 4 nitrogen and oxygen atoms in total. The first-order chi connectivity index (χ1) is 9.08. The third kappa shape index (κ3) is 2.78. The van der Waals surface area contributed by atoms with Gasteiger partial charge in [0, 0.05) is 17.6 Å². The average Bonchev–Trinajstić information content (AvgIpc) is 2.72. The summed E-state index contributed by atoms with van der Waals surface area (Å²) in [6, 6.07) is 5.53. The molecular formula is C13H15BrClN3O. The summed E-state index contributed by atoms with van der Waals surface area (Å²) < 4.78 is 8.18. The van der Waals surface area contributed by atoms with E-state index in [1.54, 1.807) is 13.3 Å². The number of hydrogen-bond donors (Lipinski definition) is 1. The first-order valence-electron chi connectivity index (χ1n) is 5.76. The zero-order valence-corrected chi connectivity index (χ0v) is 13.3. The standard InChI is InChI=1S/C13H15BrClN3O/c1-16-12(13-10(14)7-17-18(13)2)9-6-8(15)4-5-11(9)19-3/h4-7,12,16H,1-3H3. The molecule has 0 saturated carbocycles. The van der Waals surface area contributed by atoms with Gasteiger partial charge in [-0.25, -0.2) is 0 Å². The van der Waals surface area contributed by atoms with Crippen molar-refractivity contribution in [1.29, 1.82) is 0 Å². The van der Waals surface area contributed by atoms with Crippen molar-refractivity contribution in [2.75, 3.05) is 14.2 Å². The van der Waals surface area contributed by atoms with Crippen molar-refractivity contribution < 1.29 is 4.74 Å². The van der Waals surface area contributed by atoms with E-state index in [0.717, 1.165) is 21.5 Å². The molecule has 0 fully saturated rings. The van der Waals surface area contributed by atoms with E-state index in [1.165, 1.54) is 0 Å². The van der Waals surface area contributed by atoms with Crippen molar-refractivity contribution in [3.8, 4) is 5.75 Å². The second kappa shape index (κ2) is 5.94. The Morgan fingerprint density at radius 2 is 2.21 bits per heavy atom. The lowest BCUT2D eigenvalue weighted by molar-refractivity contribution is 0.404. The lowest BCUT2D eigenvalue weighted by Gasteiger charge is -2.20. The highest BCUT2D eigenvalue weighted by molar-refractivity contribution is 9.10. The van der Waals surface area contributed by atoms with Crippen molar-refractivity contribution in [2.45, 2.75) is 6.04 Å². The highest BCUT2D eigenvalue weighted by atomic mass is 79.9. The number of ether oxygens (including phenoxy) is 1. The van der Waals surface area contributed by atoms with Gasteiger partial charge in [-0.15, -0.1) is 0 Å². The number of aryl methyl sites for hydroxylation is 1. The molecule has 1 aromatic heterocycles. The van der Waals surface area contributed by atoms with Crippen molar-refractivity contribution in [2.24, 2.45) is 7.05 Å². The molecule has 0 aliphatic carbocycles. The van der Waals surface area contributed by atoms with E-state index >= 15 is 0 Å². The third-order valence-electron chi connectivity index (χ3n) is 3.00. The molecule has 0 bridgehead atoms. The van der Waals surface area contributed by atoms with Crippen LogP contribution in [0, 0.1) is 0 Å². The number of rotatable bonds is 4. The highest BCUT2D eigenvalue weighted by Crippen LogP contribution is 2.34. The summed E-state index contributed by atoms with van der Waals surface area (Å²) in [5.41, 5.74) is 1.99. The molecule has 1 atom stereocenters. The minimum Gasteiger partial charge on any atom is -0.496 e. The summed E-state index contributed by atoms with van der Waals surface area (Å²) in [5, 5.41) is 8.19. The summed E-state index contributed by atoms with van der Waals surface area (Å²) in [5.74, 6) is 0.789. The Balaban J connectivity index is 2.57. The quantitative estimate of drug-likeness (QED) is 0.926. The highest BCUT2D eigenvalue weighted by Gasteiger charge is 2.22. The van der Waals surface area contributed by atoms with Crippen LogP contribution in [0.1, 0.15) is 17.3 Å². The van der Waals surface area contributed by atoms with E-state index in [2.05, 4.69) is 26.3 Å². The van der Waals surface area contributed by atoms with Crippen LogP contribution in [-0.2, 0) is 7.05 Å². The topological polar surface area (TPSA) is 39.1 Å². The molecule has 0 saturated heterocycles. The average molecular weight is 345 g/mol. The Labute approximate surface area is 125 Å². The number of nitrogens with zero attached hydrogens (tertiary/aromatic N) is 2. The normalized spacial score (nSPS) is 12.5. The van der Waals surface area contributed by atoms with Crippen LogP contribution >= 0.6 is 27.5 Å². The maximum Gasteiger partial charge on any atom is 0.124 e. The molecular weight excluding hydrogens is 330 g/mol. The Bertz CT molecular complexity index is 566. The lowest BCUT2D eigenvalue weighted by Crippen LogP contribution is -2.21. The Morgan fingerprint density at radius 3 is 2.74 bits per heavy atom. The molecule has 0 radical (unpaired) electrons. The van der Waals surface area contributed by atoms with E-state index < -0.39 is 0 Å². The number of hydrogen-bond acceptors (Lipinski definition) is 3. The van der Waals surface area contributed by atoms with Crippen LogP contribution in [0.4, 0.5) is 0 Å². The van der Waals surface area contributed by atoms with Gasteiger partial charge in [0.25, 0.3) is 0 Å². The van der Waals surface area contributed by atoms with Crippen molar-refractivity contribution in [3.05, 3.63) is 45.1 Å². The molecule has 102 valence electrons. The Hall–Kier alpha value is -1.04. The predicted octanol–water partition coefficient (Wildman–Crippen LogP) is 3.15.